The molecular formula is C15H17NO2. The molecule has 2 fully saturated rings. The molecule has 2 atom stereocenters. The number of benzene rings is 1. The van der Waals surface area contributed by atoms with E-state index in [1.165, 1.54) is 5.57 Å². The van der Waals surface area contributed by atoms with E-state index in [0.717, 1.165) is 30.5 Å². The second kappa shape index (κ2) is 3.87. The molecule has 0 amide bonds. The predicted molar refractivity (Wildman–Crippen MR) is 69.8 cm³/mol. The van der Waals surface area contributed by atoms with Crippen LogP contribution >= 0.6 is 0 Å². The summed E-state index contributed by atoms with van der Waals surface area (Å²) in [4.78, 5) is 12.1. The highest BCUT2D eigenvalue weighted by Gasteiger charge is 2.55. The van der Waals surface area contributed by atoms with Gasteiger partial charge in [0.1, 0.15) is 0 Å². The minimum Gasteiger partial charge on any atom is -0.465 e. The van der Waals surface area contributed by atoms with Crippen molar-refractivity contribution >= 4 is 11.7 Å². The van der Waals surface area contributed by atoms with Gasteiger partial charge in [-0.3, -0.25) is 4.79 Å². The van der Waals surface area contributed by atoms with Gasteiger partial charge in [-0.2, -0.15) is 0 Å². The summed E-state index contributed by atoms with van der Waals surface area (Å²) >= 11 is 0. The molecule has 18 heavy (non-hydrogen) atoms. The van der Waals surface area contributed by atoms with Crippen LogP contribution in [0.3, 0.4) is 0 Å². The van der Waals surface area contributed by atoms with Crippen molar-refractivity contribution in [3.8, 4) is 0 Å². The largest absolute Gasteiger partial charge is 0.465 e. The van der Waals surface area contributed by atoms with E-state index >= 15 is 0 Å². The van der Waals surface area contributed by atoms with Crippen molar-refractivity contribution in [1.29, 1.82) is 0 Å². The average molecular weight is 243 g/mol. The molecule has 0 unspecified atom stereocenters. The van der Waals surface area contributed by atoms with Crippen molar-refractivity contribution in [2.24, 2.45) is 11.3 Å². The van der Waals surface area contributed by atoms with E-state index < -0.39 is 0 Å². The van der Waals surface area contributed by atoms with Crippen LogP contribution in [0, 0.1) is 11.3 Å². The van der Waals surface area contributed by atoms with Crippen molar-refractivity contribution < 1.29 is 9.53 Å². The van der Waals surface area contributed by atoms with E-state index in [-0.39, 0.29) is 11.4 Å². The third kappa shape index (κ3) is 1.62. The minimum atomic E-state index is -0.368. The molecule has 3 rings (SSSR count). The fraction of sp³-hybridized carbons (Fsp3) is 0.400. The van der Waals surface area contributed by atoms with E-state index in [1.807, 2.05) is 24.3 Å². The number of carbonyl (C=O) groups is 1. The van der Waals surface area contributed by atoms with Gasteiger partial charge < -0.3 is 10.5 Å². The Morgan fingerprint density at radius 3 is 2.83 bits per heavy atom. The third-order valence-corrected chi connectivity index (χ3v) is 4.20. The number of cyclic esters (lactones) is 1. The predicted octanol–water partition coefficient (Wildman–Crippen LogP) is 2.32. The molecule has 1 aromatic rings. The third-order valence-electron chi connectivity index (χ3n) is 4.20. The SMILES string of the molecule is C=C1C[C@@H]2COC(=O)[C@]2(Cc2ccc(N)cc2)C1. The number of nitrogen functional groups attached to an aromatic ring is 1. The van der Waals surface area contributed by atoms with Crippen LogP contribution in [-0.4, -0.2) is 12.6 Å². The Labute approximate surface area is 107 Å². The van der Waals surface area contributed by atoms with Crippen molar-refractivity contribution in [3.05, 3.63) is 42.0 Å². The molecular weight excluding hydrogens is 226 g/mol. The Balaban J connectivity index is 1.91. The molecule has 1 aliphatic carbocycles. The molecule has 1 aromatic carbocycles. The quantitative estimate of drug-likeness (QED) is 0.492. The summed E-state index contributed by atoms with van der Waals surface area (Å²) in [5.74, 6) is 0.248. The van der Waals surface area contributed by atoms with Crippen molar-refractivity contribution in [1.82, 2.24) is 0 Å². The summed E-state index contributed by atoms with van der Waals surface area (Å²) in [6.45, 7) is 4.59. The molecule has 2 N–H and O–H groups in total. The second-order valence-electron chi connectivity index (χ2n) is 5.50. The standard InChI is InChI=1S/C15H17NO2/c1-10-6-12-9-18-14(17)15(12,7-10)8-11-2-4-13(16)5-3-11/h2-5,12H,1,6-9,16H2/t12-,15+/m1/s1. The lowest BCUT2D eigenvalue weighted by Crippen LogP contribution is -2.31. The summed E-state index contributed by atoms with van der Waals surface area (Å²) in [5, 5.41) is 0. The summed E-state index contributed by atoms with van der Waals surface area (Å²) in [6, 6.07) is 7.75. The van der Waals surface area contributed by atoms with Crippen molar-refractivity contribution in [2.75, 3.05) is 12.3 Å². The number of esters is 1. The summed E-state index contributed by atoms with van der Waals surface area (Å²) in [7, 11) is 0. The summed E-state index contributed by atoms with van der Waals surface area (Å²) in [6.07, 6.45) is 2.41. The molecule has 1 heterocycles. The molecule has 0 bridgehead atoms. The van der Waals surface area contributed by atoms with Crippen LogP contribution in [0.15, 0.2) is 36.4 Å². The fourth-order valence-electron chi connectivity index (χ4n) is 3.26. The first kappa shape index (κ1) is 11.3. The van der Waals surface area contributed by atoms with Crippen LogP contribution < -0.4 is 5.73 Å². The van der Waals surface area contributed by atoms with Gasteiger partial charge in [-0.15, -0.1) is 0 Å². The summed E-state index contributed by atoms with van der Waals surface area (Å²) in [5.41, 5.74) is 8.38. The number of allylic oxidation sites excluding steroid dienone is 1. The highest BCUT2D eigenvalue weighted by molar-refractivity contribution is 5.81. The normalized spacial score (nSPS) is 30.3. The molecule has 3 heteroatoms. The van der Waals surface area contributed by atoms with Gasteiger partial charge in [0, 0.05) is 11.6 Å². The van der Waals surface area contributed by atoms with Crippen LogP contribution in [0.5, 0.6) is 0 Å². The Morgan fingerprint density at radius 1 is 1.39 bits per heavy atom. The van der Waals surface area contributed by atoms with E-state index in [9.17, 15) is 4.79 Å². The van der Waals surface area contributed by atoms with Gasteiger partial charge in [0.2, 0.25) is 0 Å². The zero-order valence-electron chi connectivity index (χ0n) is 10.3. The molecule has 1 aliphatic heterocycles. The lowest BCUT2D eigenvalue weighted by atomic mass is 9.75. The molecule has 0 aromatic heterocycles. The molecule has 2 aliphatic rings. The molecule has 3 nitrogen and oxygen atoms in total. The van der Waals surface area contributed by atoms with Crippen molar-refractivity contribution in [2.45, 2.75) is 19.3 Å². The van der Waals surface area contributed by atoms with Crippen LogP contribution in [0.4, 0.5) is 5.69 Å². The Morgan fingerprint density at radius 2 is 2.11 bits per heavy atom. The Hall–Kier alpha value is -1.77. The van der Waals surface area contributed by atoms with Gasteiger partial charge in [-0.25, -0.2) is 0 Å². The number of hydrogen-bond donors (Lipinski definition) is 1. The van der Waals surface area contributed by atoms with E-state index in [1.54, 1.807) is 0 Å². The highest BCUT2D eigenvalue weighted by atomic mass is 16.5. The molecule has 0 spiro atoms. The second-order valence-corrected chi connectivity index (χ2v) is 5.50. The maximum atomic E-state index is 12.1. The average Bonchev–Trinajstić information content (AvgIpc) is 2.79. The smallest absolute Gasteiger partial charge is 0.313 e. The van der Waals surface area contributed by atoms with Gasteiger partial charge in [0.15, 0.2) is 0 Å². The highest BCUT2D eigenvalue weighted by Crippen LogP contribution is 2.52. The maximum absolute atomic E-state index is 12.1. The van der Waals surface area contributed by atoms with Crippen LogP contribution in [-0.2, 0) is 16.0 Å². The van der Waals surface area contributed by atoms with E-state index in [4.69, 9.17) is 10.5 Å². The first-order chi connectivity index (χ1) is 8.60. The fourth-order valence-corrected chi connectivity index (χ4v) is 3.26. The van der Waals surface area contributed by atoms with E-state index in [2.05, 4.69) is 6.58 Å². The number of anilines is 1. The van der Waals surface area contributed by atoms with Crippen molar-refractivity contribution in [3.63, 3.8) is 0 Å². The number of nitrogens with two attached hydrogens (primary N) is 1. The van der Waals surface area contributed by atoms with Gasteiger partial charge in [-0.1, -0.05) is 24.3 Å². The molecule has 0 radical (unpaired) electrons. The Bertz CT molecular complexity index is 506. The van der Waals surface area contributed by atoms with Crippen LogP contribution in [0.2, 0.25) is 0 Å². The number of hydrogen-bond acceptors (Lipinski definition) is 3. The first-order valence-corrected chi connectivity index (χ1v) is 6.28. The zero-order valence-corrected chi connectivity index (χ0v) is 10.3. The summed E-state index contributed by atoms with van der Waals surface area (Å²) < 4.78 is 5.26. The van der Waals surface area contributed by atoms with Crippen LogP contribution in [0.1, 0.15) is 18.4 Å². The lowest BCUT2D eigenvalue weighted by molar-refractivity contribution is -0.146. The minimum absolute atomic E-state index is 0.0528. The zero-order chi connectivity index (χ0) is 12.8. The topological polar surface area (TPSA) is 52.3 Å². The molecule has 1 saturated heterocycles. The monoisotopic (exact) mass is 243 g/mol. The number of ether oxygens (including phenoxy) is 1. The Kier molecular flexibility index (Phi) is 2.44. The number of fused-ring (bicyclic) bond motifs is 1. The number of carbonyl (C=O) groups excluding carboxylic acids is 1. The maximum Gasteiger partial charge on any atom is 0.313 e. The number of rotatable bonds is 2. The van der Waals surface area contributed by atoms with Gasteiger partial charge in [0.05, 0.1) is 12.0 Å². The van der Waals surface area contributed by atoms with Crippen LogP contribution in [0.25, 0.3) is 0 Å². The first-order valence-electron chi connectivity index (χ1n) is 6.28. The van der Waals surface area contributed by atoms with Gasteiger partial charge in [-0.05, 0) is 37.0 Å². The van der Waals surface area contributed by atoms with Gasteiger partial charge in [0.25, 0.3) is 0 Å². The lowest BCUT2D eigenvalue weighted by Gasteiger charge is -2.24. The van der Waals surface area contributed by atoms with E-state index in [0.29, 0.717) is 12.5 Å². The molecule has 94 valence electrons. The van der Waals surface area contributed by atoms with Gasteiger partial charge >= 0.3 is 5.97 Å². The molecule has 1 saturated carbocycles.